The summed E-state index contributed by atoms with van der Waals surface area (Å²) in [5, 5.41) is 0. The Kier molecular flexibility index (Phi) is 2.69. The van der Waals surface area contributed by atoms with Crippen molar-refractivity contribution in [2.75, 3.05) is 0 Å². The summed E-state index contributed by atoms with van der Waals surface area (Å²) in [6.45, 7) is 0. The Hall–Kier alpha value is -1.39. The van der Waals surface area contributed by atoms with E-state index in [1.54, 1.807) is 42.5 Å². The van der Waals surface area contributed by atoms with Crippen LogP contribution in [-0.2, 0) is 14.9 Å². The molecule has 0 bridgehead atoms. The third-order valence-corrected chi connectivity index (χ3v) is 4.02. The van der Waals surface area contributed by atoms with Gasteiger partial charge in [-0.25, -0.2) is 0 Å². The quantitative estimate of drug-likeness (QED) is 0.633. The second kappa shape index (κ2) is 3.88. The second-order valence-corrected chi connectivity index (χ2v) is 5.30. The van der Waals surface area contributed by atoms with Crippen molar-refractivity contribution in [2.45, 2.75) is 11.2 Å². The van der Waals surface area contributed by atoms with Crippen LogP contribution >= 0.6 is 0 Å². The second-order valence-electron chi connectivity index (χ2n) is 3.67. The molecule has 0 unspecified atom stereocenters. The highest BCUT2D eigenvalue weighted by Gasteiger charge is 2.40. The van der Waals surface area contributed by atoms with Crippen LogP contribution in [0.5, 0.6) is 0 Å². The molecule has 1 aliphatic carbocycles. The first-order chi connectivity index (χ1) is 7.56. The van der Waals surface area contributed by atoms with Gasteiger partial charge in [0.25, 0.3) is 10.1 Å². The zero-order valence-electron chi connectivity index (χ0n) is 8.58. The number of hydrogen-bond acceptors (Lipinski definition) is 2. The van der Waals surface area contributed by atoms with Crippen LogP contribution in [0.25, 0.3) is 0 Å². The summed E-state index contributed by atoms with van der Waals surface area (Å²) in [6.07, 6.45) is 7.21. The highest BCUT2D eigenvalue weighted by Crippen LogP contribution is 2.35. The Morgan fingerprint density at radius 3 is 2.12 bits per heavy atom. The van der Waals surface area contributed by atoms with Crippen LogP contribution in [-0.4, -0.2) is 13.0 Å². The van der Waals surface area contributed by atoms with Crippen molar-refractivity contribution in [1.82, 2.24) is 0 Å². The van der Waals surface area contributed by atoms with Crippen LogP contribution in [0.1, 0.15) is 12.0 Å². The predicted octanol–water partition coefficient (Wildman–Crippen LogP) is 2.29. The Balaban J connectivity index is 2.66. The average molecular weight is 236 g/mol. The zero-order chi connectivity index (χ0) is 11.6. The van der Waals surface area contributed by atoms with E-state index in [1.807, 2.05) is 0 Å². The number of hydrogen-bond donors (Lipinski definition) is 1. The van der Waals surface area contributed by atoms with Crippen LogP contribution in [0.2, 0.25) is 0 Å². The van der Waals surface area contributed by atoms with E-state index in [0.29, 0.717) is 12.0 Å². The molecule has 1 aromatic rings. The monoisotopic (exact) mass is 236 g/mol. The molecule has 0 spiro atoms. The molecule has 3 nitrogen and oxygen atoms in total. The fourth-order valence-corrected chi connectivity index (χ4v) is 2.80. The molecule has 1 aromatic carbocycles. The molecule has 84 valence electrons. The van der Waals surface area contributed by atoms with E-state index in [4.69, 9.17) is 0 Å². The Bertz CT molecular complexity index is 515. The summed E-state index contributed by atoms with van der Waals surface area (Å²) >= 11 is 0. The van der Waals surface area contributed by atoms with Gasteiger partial charge < -0.3 is 0 Å². The summed E-state index contributed by atoms with van der Waals surface area (Å²) in [5.74, 6) is 0. The SMILES string of the molecule is O=S(=O)(O)C1(c2ccccc2)C=CCC=C1. The molecule has 16 heavy (non-hydrogen) atoms. The topological polar surface area (TPSA) is 54.4 Å². The van der Waals surface area contributed by atoms with Gasteiger partial charge >= 0.3 is 0 Å². The molecule has 0 aromatic heterocycles. The fraction of sp³-hybridized carbons (Fsp3) is 0.167. The maximum atomic E-state index is 11.6. The molecule has 0 saturated carbocycles. The van der Waals surface area contributed by atoms with Crippen LogP contribution in [0.3, 0.4) is 0 Å². The molecule has 1 N–H and O–H groups in total. The first-order valence-corrected chi connectivity index (χ1v) is 6.38. The van der Waals surface area contributed by atoms with Crippen molar-refractivity contribution < 1.29 is 13.0 Å². The molecular weight excluding hydrogens is 224 g/mol. The van der Waals surface area contributed by atoms with Crippen molar-refractivity contribution in [3.63, 3.8) is 0 Å². The molecule has 0 fully saturated rings. The third kappa shape index (κ3) is 1.70. The van der Waals surface area contributed by atoms with Crippen molar-refractivity contribution in [3.05, 3.63) is 60.2 Å². The van der Waals surface area contributed by atoms with Gasteiger partial charge in [-0.3, -0.25) is 4.55 Å². The minimum atomic E-state index is -4.21. The van der Waals surface area contributed by atoms with Gasteiger partial charge in [0.15, 0.2) is 4.75 Å². The summed E-state index contributed by atoms with van der Waals surface area (Å²) in [7, 11) is -4.21. The molecule has 0 heterocycles. The van der Waals surface area contributed by atoms with E-state index >= 15 is 0 Å². The van der Waals surface area contributed by atoms with Gasteiger partial charge in [-0.15, -0.1) is 0 Å². The number of allylic oxidation sites excluding steroid dienone is 2. The summed E-state index contributed by atoms with van der Waals surface area (Å²) in [5.41, 5.74) is 0.546. The van der Waals surface area contributed by atoms with Gasteiger partial charge in [0.1, 0.15) is 0 Å². The molecule has 0 radical (unpaired) electrons. The van der Waals surface area contributed by atoms with Gasteiger partial charge in [0, 0.05) is 0 Å². The minimum absolute atomic E-state index is 0.546. The van der Waals surface area contributed by atoms with Crippen LogP contribution < -0.4 is 0 Å². The van der Waals surface area contributed by atoms with Crippen molar-refractivity contribution >= 4 is 10.1 Å². The van der Waals surface area contributed by atoms with Crippen molar-refractivity contribution in [1.29, 1.82) is 0 Å². The molecule has 2 rings (SSSR count). The predicted molar refractivity (Wildman–Crippen MR) is 62.6 cm³/mol. The summed E-state index contributed by atoms with van der Waals surface area (Å²) < 4.78 is 31.1. The lowest BCUT2D eigenvalue weighted by atomic mass is 9.94. The van der Waals surface area contributed by atoms with Crippen LogP contribution in [0.15, 0.2) is 54.6 Å². The van der Waals surface area contributed by atoms with Gasteiger partial charge in [-0.05, 0) is 12.0 Å². The number of benzene rings is 1. The smallest absolute Gasteiger partial charge is 0.282 e. The lowest BCUT2D eigenvalue weighted by Gasteiger charge is -2.26. The summed E-state index contributed by atoms with van der Waals surface area (Å²) in [6, 6.07) is 8.68. The maximum Gasteiger partial charge on any atom is 0.282 e. The van der Waals surface area contributed by atoms with E-state index in [1.165, 1.54) is 12.2 Å². The van der Waals surface area contributed by atoms with E-state index in [2.05, 4.69) is 0 Å². The molecule has 0 atom stereocenters. The molecule has 4 heteroatoms. The van der Waals surface area contributed by atoms with E-state index < -0.39 is 14.9 Å². The summed E-state index contributed by atoms with van der Waals surface area (Å²) in [4.78, 5) is 0. The van der Waals surface area contributed by atoms with Gasteiger partial charge in [0.05, 0.1) is 0 Å². The Morgan fingerprint density at radius 1 is 1.06 bits per heavy atom. The minimum Gasteiger partial charge on any atom is -0.284 e. The van der Waals surface area contributed by atoms with Crippen LogP contribution in [0, 0.1) is 0 Å². The van der Waals surface area contributed by atoms with E-state index in [9.17, 15) is 13.0 Å². The molecular formula is C12H12O3S. The number of rotatable bonds is 2. The fourth-order valence-electron chi connectivity index (χ4n) is 1.83. The highest BCUT2D eigenvalue weighted by molar-refractivity contribution is 7.87. The molecule has 0 amide bonds. The zero-order valence-corrected chi connectivity index (χ0v) is 9.39. The first kappa shape index (κ1) is 11.1. The van der Waals surface area contributed by atoms with Gasteiger partial charge in [0.2, 0.25) is 0 Å². The normalized spacial score (nSPS) is 18.6. The molecule has 1 aliphatic rings. The Labute approximate surface area is 94.9 Å². The molecule has 0 saturated heterocycles. The maximum absolute atomic E-state index is 11.6. The van der Waals surface area contributed by atoms with Crippen molar-refractivity contribution in [3.8, 4) is 0 Å². The van der Waals surface area contributed by atoms with E-state index in [-0.39, 0.29) is 0 Å². The van der Waals surface area contributed by atoms with Gasteiger partial charge in [-0.1, -0.05) is 54.6 Å². The largest absolute Gasteiger partial charge is 0.284 e. The van der Waals surface area contributed by atoms with Crippen LogP contribution in [0.4, 0.5) is 0 Å². The lowest BCUT2D eigenvalue weighted by molar-refractivity contribution is 0.463. The lowest BCUT2D eigenvalue weighted by Crippen LogP contribution is -2.32. The van der Waals surface area contributed by atoms with Crippen molar-refractivity contribution in [2.24, 2.45) is 0 Å². The third-order valence-electron chi connectivity index (χ3n) is 2.65. The first-order valence-electron chi connectivity index (χ1n) is 4.94. The molecule has 0 aliphatic heterocycles. The average Bonchev–Trinajstić information content (AvgIpc) is 2.30. The standard InChI is InChI=1S/C12H12O3S/c13-16(14,15)12(9-5-2-6-10-12)11-7-3-1-4-8-11/h1,3-10H,2H2,(H,13,14,15). The van der Waals surface area contributed by atoms with E-state index in [0.717, 1.165) is 0 Å². The highest BCUT2D eigenvalue weighted by atomic mass is 32.2. The van der Waals surface area contributed by atoms with Gasteiger partial charge in [-0.2, -0.15) is 8.42 Å². The Morgan fingerprint density at radius 2 is 1.62 bits per heavy atom.